The van der Waals surface area contributed by atoms with Crippen LogP contribution in [0.25, 0.3) is 0 Å². The predicted octanol–water partition coefficient (Wildman–Crippen LogP) is 1.37. The molecule has 0 heterocycles. The molecule has 0 aromatic heterocycles. The van der Waals surface area contributed by atoms with E-state index in [2.05, 4.69) is 31.4 Å². The van der Waals surface area contributed by atoms with E-state index >= 15 is 0 Å². The Hall–Kier alpha value is -0.0800. The maximum atomic E-state index is 3.48. The van der Waals surface area contributed by atoms with E-state index in [0.29, 0.717) is 5.41 Å². The Bertz CT molecular complexity index is 122. The zero-order valence-corrected chi connectivity index (χ0v) is 8.61. The predicted molar refractivity (Wildman–Crippen MR) is 53.3 cm³/mol. The van der Waals surface area contributed by atoms with E-state index in [0.717, 1.165) is 25.7 Å². The maximum absolute atomic E-state index is 3.48. The molecule has 2 nitrogen and oxygen atoms in total. The third kappa shape index (κ3) is 5.56. The number of hydrogen-bond donors (Lipinski definition) is 2. The monoisotopic (exact) mass is 170 g/mol. The maximum Gasteiger partial charge on any atom is 0.00793 e. The summed E-state index contributed by atoms with van der Waals surface area (Å²) in [5, 5.41) is 6.93. The van der Waals surface area contributed by atoms with Gasteiger partial charge < -0.3 is 10.6 Å². The summed E-state index contributed by atoms with van der Waals surface area (Å²) in [6.07, 6.45) is 2.78. The van der Waals surface area contributed by atoms with Crippen molar-refractivity contribution in [3.05, 3.63) is 0 Å². The molecule has 0 bridgehead atoms. The van der Waals surface area contributed by atoms with Crippen molar-refractivity contribution in [2.45, 2.75) is 39.7 Å². The molecular weight excluding hydrogens is 148 g/mol. The molecule has 2 heteroatoms. The van der Waals surface area contributed by atoms with Gasteiger partial charge in [0, 0.05) is 25.7 Å². The molecule has 1 saturated carbocycles. The molecule has 0 aromatic rings. The van der Waals surface area contributed by atoms with Gasteiger partial charge in [-0.15, -0.1) is 0 Å². The standard InChI is InChI=1S/C10H22N2/c1-10(2,3)8-11-6-7-12-9-4-5-9/h9,11-12H,4-8H2,1-3H3. The number of hydrogen-bond acceptors (Lipinski definition) is 2. The lowest BCUT2D eigenvalue weighted by molar-refractivity contribution is 0.379. The van der Waals surface area contributed by atoms with Crippen molar-refractivity contribution < 1.29 is 0 Å². The van der Waals surface area contributed by atoms with Crippen molar-refractivity contribution in [2.75, 3.05) is 19.6 Å². The van der Waals surface area contributed by atoms with Crippen LogP contribution in [0.2, 0.25) is 0 Å². The van der Waals surface area contributed by atoms with Crippen LogP contribution >= 0.6 is 0 Å². The molecular formula is C10H22N2. The summed E-state index contributed by atoms with van der Waals surface area (Å²) >= 11 is 0. The quantitative estimate of drug-likeness (QED) is 0.609. The molecule has 72 valence electrons. The summed E-state index contributed by atoms with van der Waals surface area (Å²) in [5.74, 6) is 0. The van der Waals surface area contributed by atoms with Gasteiger partial charge in [-0.3, -0.25) is 0 Å². The van der Waals surface area contributed by atoms with Crippen LogP contribution in [0.3, 0.4) is 0 Å². The summed E-state index contributed by atoms with van der Waals surface area (Å²) < 4.78 is 0. The van der Waals surface area contributed by atoms with Crippen molar-refractivity contribution in [1.82, 2.24) is 10.6 Å². The Labute approximate surface area is 76.1 Å². The second-order valence-electron chi connectivity index (χ2n) is 4.97. The van der Waals surface area contributed by atoms with Crippen LogP contribution in [0.5, 0.6) is 0 Å². The molecule has 12 heavy (non-hydrogen) atoms. The van der Waals surface area contributed by atoms with Crippen molar-refractivity contribution >= 4 is 0 Å². The smallest absolute Gasteiger partial charge is 0.00793 e. The summed E-state index contributed by atoms with van der Waals surface area (Å²) in [7, 11) is 0. The zero-order chi connectivity index (χ0) is 9.03. The normalized spacial score (nSPS) is 18.2. The lowest BCUT2D eigenvalue weighted by atomic mass is 9.97. The molecule has 1 aliphatic rings. The van der Waals surface area contributed by atoms with E-state index in [-0.39, 0.29) is 0 Å². The Morgan fingerprint density at radius 2 is 1.83 bits per heavy atom. The van der Waals surface area contributed by atoms with Crippen molar-refractivity contribution in [3.8, 4) is 0 Å². The van der Waals surface area contributed by atoms with Crippen LogP contribution in [0.15, 0.2) is 0 Å². The van der Waals surface area contributed by atoms with Crippen molar-refractivity contribution in [1.29, 1.82) is 0 Å². The molecule has 0 aromatic carbocycles. The number of rotatable bonds is 5. The Morgan fingerprint density at radius 1 is 1.17 bits per heavy atom. The molecule has 0 aliphatic heterocycles. The van der Waals surface area contributed by atoms with Crippen LogP contribution in [0, 0.1) is 5.41 Å². The van der Waals surface area contributed by atoms with Gasteiger partial charge in [0.2, 0.25) is 0 Å². The lowest BCUT2D eigenvalue weighted by Gasteiger charge is -2.18. The first-order valence-electron chi connectivity index (χ1n) is 5.02. The van der Waals surface area contributed by atoms with Gasteiger partial charge in [0.1, 0.15) is 0 Å². The van der Waals surface area contributed by atoms with Gasteiger partial charge >= 0.3 is 0 Å². The Balaban J connectivity index is 1.82. The van der Waals surface area contributed by atoms with Gasteiger partial charge in [0.15, 0.2) is 0 Å². The minimum absolute atomic E-state index is 0.416. The van der Waals surface area contributed by atoms with E-state index in [1.54, 1.807) is 0 Å². The fourth-order valence-electron chi connectivity index (χ4n) is 1.12. The van der Waals surface area contributed by atoms with E-state index in [1.807, 2.05) is 0 Å². The van der Waals surface area contributed by atoms with Gasteiger partial charge in [0.25, 0.3) is 0 Å². The minimum atomic E-state index is 0.416. The summed E-state index contributed by atoms with van der Waals surface area (Å²) in [6, 6.07) is 0.849. The molecule has 0 radical (unpaired) electrons. The first-order valence-corrected chi connectivity index (χ1v) is 5.02. The second kappa shape index (κ2) is 4.24. The summed E-state index contributed by atoms with van der Waals surface area (Å²) in [6.45, 7) is 10.1. The minimum Gasteiger partial charge on any atom is -0.315 e. The molecule has 1 rings (SSSR count). The highest BCUT2D eigenvalue weighted by Gasteiger charge is 2.19. The van der Waals surface area contributed by atoms with Crippen molar-refractivity contribution in [2.24, 2.45) is 5.41 Å². The van der Waals surface area contributed by atoms with Gasteiger partial charge in [-0.1, -0.05) is 20.8 Å². The highest BCUT2D eigenvalue weighted by atomic mass is 15.0. The van der Waals surface area contributed by atoms with Crippen LogP contribution < -0.4 is 10.6 Å². The molecule has 1 aliphatic carbocycles. The molecule has 2 N–H and O–H groups in total. The summed E-state index contributed by atoms with van der Waals surface area (Å²) in [4.78, 5) is 0. The largest absolute Gasteiger partial charge is 0.315 e. The third-order valence-corrected chi connectivity index (χ3v) is 1.97. The molecule has 0 saturated heterocycles. The Morgan fingerprint density at radius 3 is 2.33 bits per heavy atom. The highest BCUT2D eigenvalue weighted by Crippen LogP contribution is 2.17. The molecule has 0 unspecified atom stereocenters. The molecule has 0 amide bonds. The highest BCUT2D eigenvalue weighted by molar-refractivity contribution is 4.80. The van der Waals surface area contributed by atoms with Crippen LogP contribution in [0.4, 0.5) is 0 Å². The van der Waals surface area contributed by atoms with Gasteiger partial charge in [-0.2, -0.15) is 0 Å². The zero-order valence-electron chi connectivity index (χ0n) is 8.61. The first kappa shape index (κ1) is 10.0. The number of nitrogens with one attached hydrogen (secondary N) is 2. The van der Waals surface area contributed by atoms with Crippen LogP contribution in [0.1, 0.15) is 33.6 Å². The van der Waals surface area contributed by atoms with Crippen LogP contribution in [-0.2, 0) is 0 Å². The van der Waals surface area contributed by atoms with Crippen LogP contribution in [-0.4, -0.2) is 25.7 Å². The lowest BCUT2D eigenvalue weighted by Crippen LogP contribution is -2.33. The topological polar surface area (TPSA) is 24.1 Å². The molecule has 0 atom stereocenters. The van der Waals surface area contributed by atoms with E-state index < -0.39 is 0 Å². The fourth-order valence-corrected chi connectivity index (χ4v) is 1.12. The van der Waals surface area contributed by atoms with E-state index in [4.69, 9.17) is 0 Å². The summed E-state index contributed by atoms with van der Waals surface area (Å²) in [5.41, 5.74) is 0.416. The van der Waals surface area contributed by atoms with Gasteiger partial charge in [0.05, 0.1) is 0 Å². The molecule has 0 spiro atoms. The SMILES string of the molecule is CC(C)(C)CNCCNC1CC1. The average molecular weight is 170 g/mol. The first-order chi connectivity index (χ1) is 5.58. The molecule has 1 fully saturated rings. The van der Waals surface area contributed by atoms with Gasteiger partial charge in [-0.05, 0) is 18.3 Å². The van der Waals surface area contributed by atoms with Gasteiger partial charge in [-0.25, -0.2) is 0 Å². The van der Waals surface area contributed by atoms with E-state index in [1.165, 1.54) is 12.8 Å². The fraction of sp³-hybridized carbons (Fsp3) is 1.00. The average Bonchev–Trinajstić information content (AvgIpc) is 2.68. The third-order valence-electron chi connectivity index (χ3n) is 1.97. The second-order valence-corrected chi connectivity index (χ2v) is 4.97. The van der Waals surface area contributed by atoms with Crippen molar-refractivity contribution in [3.63, 3.8) is 0 Å². The van der Waals surface area contributed by atoms with E-state index in [9.17, 15) is 0 Å². The Kier molecular flexibility index (Phi) is 3.53.